The third-order valence-corrected chi connectivity index (χ3v) is 3.87. The van der Waals surface area contributed by atoms with E-state index in [1.807, 2.05) is 18.4 Å². The predicted molar refractivity (Wildman–Crippen MR) is 102 cm³/mol. The Kier molecular flexibility index (Phi) is 7.18. The van der Waals surface area contributed by atoms with E-state index in [4.69, 9.17) is 9.47 Å². The number of aryl methyl sites for hydroxylation is 1. The van der Waals surface area contributed by atoms with Gasteiger partial charge in [0.05, 0.1) is 12.8 Å². The van der Waals surface area contributed by atoms with Crippen molar-refractivity contribution in [3.8, 4) is 11.5 Å². The summed E-state index contributed by atoms with van der Waals surface area (Å²) in [4.78, 5) is 35.4. The van der Waals surface area contributed by atoms with Crippen molar-refractivity contribution < 1.29 is 23.9 Å². The summed E-state index contributed by atoms with van der Waals surface area (Å²) in [6.45, 7) is 1.51. The summed E-state index contributed by atoms with van der Waals surface area (Å²) < 4.78 is 11.3. The van der Waals surface area contributed by atoms with Crippen LogP contribution in [0.1, 0.15) is 5.56 Å². The summed E-state index contributed by atoms with van der Waals surface area (Å²) >= 11 is 3.34. The van der Waals surface area contributed by atoms with E-state index >= 15 is 0 Å². The van der Waals surface area contributed by atoms with Crippen LogP contribution in [0.5, 0.6) is 11.5 Å². The molecular weight excluding hydrogens is 418 g/mol. The smallest absolute Gasteiger partial charge is 0.328 e. The van der Waals surface area contributed by atoms with Crippen molar-refractivity contribution in [2.45, 2.75) is 6.92 Å². The fourth-order valence-electron chi connectivity index (χ4n) is 2.06. The van der Waals surface area contributed by atoms with Gasteiger partial charge in [0.25, 0.3) is 5.91 Å². The third-order valence-electron chi connectivity index (χ3n) is 3.37. The quantitative estimate of drug-likeness (QED) is 0.491. The van der Waals surface area contributed by atoms with Crippen LogP contribution in [0.25, 0.3) is 0 Å². The fraction of sp³-hybridized carbons (Fsp3) is 0.167. The number of hydrogen-bond donors (Lipinski definition) is 3. The molecule has 3 N–H and O–H groups in total. The lowest BCUT2D eigenvalue weighted by Crippen LogP contribution is -2.48. The van der Waals surface area contributed by atoms with E-state index in [9.17, 15) is 14.4 Å². The molecule has 0 atom stereocenters. The van der Waals surface area contributed by atoms with Crippen molar-refractivity contribution in [2.24, 2.45) is 0 Å². The maximum Gasteiger partial charge on any atom is 0.328 e. The zero-order chi connectivity index (χ0) is 19.8. The number of anilines is 1. The van der Waals surface area contributed by atoms with Crippen LogP contribution < -0.4 is 25.6 Å². The topological polar surface area (TPSA) is 106 Å². The molecule has 9 heteroatoms. The van der Waals surface area contributed by atoms with Crippen LogP contribution in [0, 0.1) is 6.92 Å². The van der Waals surface area contributed by atoms with Gasteiger partial charge in [-0.1, -0.05) is 28.1 Å². The van der Waals surface area contributed by atoms with Gasteiger partial charge in [0.15, 0.2) is 6.61 Å². The molecule has 27 heavy (non-hydrogen) atoms. The molecule has 2 rings (SSSR count). The molecule has 8 nitrogen and oxygen atoms in total. The van der Waals surface area contributed by atoms with E-state index in [2.05, 4.69) is 26.7 Å². The molecule has 142 valence electrons. The first-order valence-electron chi connectivity index (χ1n) is 7.83. The Hall–Kier alpha value is -3.07. The number of halogens is 1. The average Bonchev–Trinajstić information content (AvgIpc) is 2.65. The summed E-state index contributed by atoms with van der Waals surface area (Å²) in [5.41, 5.74) is 5.31. The first-order valence-corrected chi connectivity index (χ1v) is 8.62. The van der Waals surface area contributed by atoms with E-state index in [0.717, 1.165) is 10.0 Å². The van der Waals surface area contributed by atoms with Gasteiger partial charge in [-0.15, -0.1) is 0 Å². The number of carbonyl (C=O) groups is 3. The fourth-order valence-corrected chi connectivity index (χ4v) is 2.54. The number of amides is 3. The molecule has 0 aromatic heterocycles. The van der Waals surface area contributed by atoms with Gasteiger partial charge >= 0.3 is 11.8 Å². The Labute approximate surface area is 164 Å². The van der Waals surface area contributed by atoms with E-state index in [1.165, 1.54) is 7.11 Å². The highest BCUT2D eigenvalue weighted by Gasteiger charge is 2.16. The first kappa shape index (κ1) is 20.2. The molecule has 0 aliphatic heterocycles. The van der Waals surface area contributed by atoms with E-state index < -0.39 is 17.7 Å². The van der Waals surface area contributed by atoms with Crippen molar-refractivity contribution in [2.75, 3.05) is 19.0 Å². The van der Waals surface area contributed by atoms with Gasteiger partial charge in [-0.2, -0.15) is 0 Å². The molecule has 2 aromatic rings. The molecule has 0 bridgehead atoms. The van der Waals surface area contributed by atoms with Crippen molar-refractivity contribution in [3.63, 3.8) is 0 Å². The monoisotopic (exact) mass is 435 g/mol. The number of benzene rings is 2. The van der Waals surface area contributed by atoms with Crippen LogP contribution in [-0.2, 0) is 14.4 Å². The second-order valence-corrected chi connectivity index (χ2v) is 6.27. The third kappa shape index (κ3) is 6.00. The highest BCUT2D eigenvalue weighted by molar-refractivity contribution is 9.10. The summed E-state index contributed by atoms with van der Waals surface area (Å²) in [5.74, 6) is -1.66. The van der Waals surface area contributed by atoms with Crippen molar-refractivity contribution >= 4 is 39.3 Å². The second kappa shape index (κ2) is 9.58. The molecule has 0 saturated heterocycles. The van der Waals surface area contributed by atoms with Crippen LogP contribution in [0.15, 0.2) is 46.9 Å². The molecular formula is C18H18BrN3O5. The lowest BCUT2D eigenvalue weighted by atomic mass is 10.2. The minimum absolute atomic E-state index is 0.323. The Morgan fingerprint density at radius 3 is 2.44 bits per heavy atom. The molecule has 0 unspecified atom stereocenters. The molecule has 0 spiro atoms. The van der Waals surface area contributed by atoms with Gasteiger partial charge in [-0.05, 0) is 42.8 Å². The van der Waals surface area contributed by atoms with Crippen molar-refractivity contribution in [1.82, 2.24) is 10.9 Å². The van der Waals surface area contributed by atoms with Crippen LogP contribution in [0.2, 0.25) is 0 Å². The minimum atomic E-state index is -1.03. The molecule has 0 saturated carbocycles. The zero-order valence-corrected chi connectivity index (χ0v) is 16.3. The first-order chi connectivity index (χ1) is 12.9. The summed E-state index contributed by atoms with van der Waals surface area (Å²) in [7, 11) is 1.44. The maximum absolute atomic E-state index is 11.9. The summed E-state index contributed by atoms with van der Waals surface area (Å²) in [5, 5.41) is 2.39. The van der Waals surface area contributed by atoms with Gasteiger partial charge < -0.3 is 14.8 Å². The number of nitrogens with one attached hydrogen (secondary N) is 3. The van der Waals surface area contributed by atoms with Gasteiger partial charge in [0, 0.05) is 4.47 Å². The normalized spacial score (nSPS) is 9.89. The van der Waals surface area contributed by atoms with E-state index in [1.54, 1.807) is 36.4 Å². The lowest BCUT2D eigenvalue weighted by molar-refractivity contribution is -0.138. The minimum Gasteiger partial charge on any atom is -0.495 e. The molecule has 2 aromatic carbocycles. The number of hydrogen-bond acceptors (Lipinski definition) is 5. The number of para-hydroxylation sites is 2. The van der Waals surface area contributed by atoms with Crippen LogP contribution >= 0.6 is 15.9 Å². The van der Waals surface area contributed by atoms with Gasteiger partial charge in [-0.3, -0.25) is 25.2 Å². The van der Waals surface area contributed by atoms with Crippen molar-refractivity contribution in [1.29, 1.82) is 0 Å². The number of ether oxygens (including phenoxy) is 2. The van der Waals surface area contributed by atoms with Crippen LogP contribution in [-0.4, -0.2) is 31.4 Å². The molecule has 0 heterocycles. The maximum atomic E-state index is 11.9. The summed E-state index contributed by atoms with van der Waals surface area (Å²) in [6.07, 6.45) is 0. The van der Waals surface area contributed by atoms with Gasteiger partial charge in [0.1, 0.15) is 11.5 Å². The Balaban J connectivity index is 1.80. The largest absolute Gasteiger partial charge is 0.495 e. The molecule has 0 aliphatic rings. The standard InChI is InChI=1S/C18H18BrN3O5/c1-11-9-12(19)7-8-14(11)27-10-16(23)21-22-18(25)17(24)20-13-5-3-4-6-15(13)26-2/h3-9H,10H2,1-2H3,(H,20,24)(H,21,23)(H,22,25). The Morgan fingerprint density at radius 2 is 1.74 bits per heavy atom. The van der Waals surface area contributed by atoms with Gasteiger partial charge in [0.2, 0.25) is 0 Å². The van der Waals surface area contributed by atoms with Crippen molar-refractivity contribution in [3.05, 3.63) is 52.5 Å². The highest BCUT2D eigenvalue weighted by Crippen LogP contribution is 2.23. The summed E-state index contributed by atoms with van der Waals surface area (Å²) in [6, 6.07) is 12.0. The zero-order valence-electron chi connectivity index (χ0n) is 14.7. The van der Waals surface area contributed by atoms with E-state index in [-0.39, 0.29) is 6.61 Å². The van der Waals surface area contributed by atoms with Gasteiger partial charge in [-0.25, -0.2) is 0 Å². The van der Waals surface area contributed by atoms with E-state index in [0.29, 0.717) is 17.2 Å². The predicted octanol–water partition coefficient (Wildman–Crippen LogP) is 1.93. The Morgan fingerprint density at radius 1 is 1.00 bits per heavy atom. The average molecular weight is 436 g/mol. The molecule has 0 fully saturated rings. The number of methoxy groups -OCH3 is 1. The molecule has 0 aliphatic carbocycles. The molecule has 3 amide bonds. The second-order valence-electron chi connectivity index (χ2n) is 5.36. The number of hydrazine groups is 1. The SMILES string of the molecule is COc1ccccc1NC(=O)C(=O)NNC(=O)COc1ccc(Br)cc1C. The number of carbonyl (C=O) groups excluding carboxylic acids is 3. The van der Waals surface area contributed by atoms with Crippen LogP contribution in [0.4, 0.5) is 5.69 Å². The Bertz CT molecular complexity index is 857. The number of rotatable bonds is 5. The lowest BCUT2D eigenvalue weighted by Gasteiger charge is -2.11. The highest BCUT2D eigenvalue weighted by atomic mass is 79.9. The van der Waals surface area contributed by atoms with Crippen LogP contribution in [0.3, 0.4) is 0 Å². The molecule has 0 radical (unpaired) electrons.